The molecule has 0 unspecified atom stereocenters. The first-order valence-corrected chi connectivity index (χ1v) is 10.6. The smallest absolute Gasteiger partial charge is 0.0726 e. The Kier molecular flexibility index (Phi) is 3.39. The summed E-state index contributed by atoms with van der Waals surface area (Å²) in [6.07, 6.45) is 0. The van der Waals surface area contributed by atoms with Crippen LogP contribution in [-0.4, -0.2) is 9.38 Å². The number of para-hydroxylation sites is 2. The maximum atomic E-state index is 4.89. The highest BCUT2D eigenvalue weighted by Gasteiger charge is 2.19. The molecule has 6 rings (SSSR count). The third-order valence-corrected chi connectivity index (χ3v) is 6.43. The van der Waals surface area contributed by atoms with Crippen molar-refractivity contribution >= 4 is 49.0 Å². The minimum atomic E-state index is 0.116. The zero-order valence-electron chi connectivity index (χ0n) is 17.8. The van der Waals surface area contributed by atoms with Crippen LogP contribution >= 0.6 is 0 Å². The van der Waals surface area contributed by atoms with Crippen LogP contribution in [0.15, 0.2) is 72.8 Å². The van der Waals surface area contributed by atoms with Gasteiger partial charge < -0.3 is 4.40 Å². The Morgan fingerprint density at radius 3 is 2.17 bits per heavy atom. The average molecular weight is 389 g/mol. The van der Waals surface area contributed by atoms with Gasteiger partial charge in [0, 0.05) is 27.2 Å². The van der Waals surface area contributed by atoms with Crippen molar-refractivity contribution in [1.82, 2.24) is 9.38 Å². The van der Waals surface area contributed by atoms with Crippen molar-refractivity contribution in [3.8, 4) is 0 Å². The van der Waals surface area contributed by atoms with Gasteiger partial charge in [-0.05, 0) is 47.6 Å². The van der Waals surface area contributed by atoms with Gasteiger partial charge in [0.15, 0.2) is 0 Å². The SMILES string of the molecule is Cc1nc2ccccc2c2c1cc1c3ccc(C(C)(C)C)cc3c3ccccc3n12. The van der Waals surface area contributed by atoms with Crippen LogP contribution in [0.4, 0.5) is 0 Å². The van der Waals surface area contributed by atoms with Crippen LogP contribution in [0.5, 0.6) is 0 Å². The molecule has 0 amide bonds. The summed E-state index contributed by atoms with van der Waals surface area (Å²) in [5.41, 5.74) is 7.36. The van der Waals surface area contributed by atoms with E-state index in [0.29, 0.717) is 0 Å². The fourth-order valence-corrected chi connectivity index (χ4v) is 4.87. The second-order valence-corrected chi connectivity index (χ2v) is 9.37. The molecule has 0 fully saturated rings. The largest absolute Gasteiger partial charge is 0.308 e. The van der Waals surface area contributed by atoms with Crippen molar-refractivity contribution in [3.05, 3.63) is 84.1 Å². The van der Waals surface area contributed by atoms with Gasteiger partial charge in [0.2, 0.25) is 0 Å². The van der Waals surface area contributed by atoms with E-state index >= 15 is 0 Å². The molecule has 3 aromatic heterocycles. The number of fused-ring (bicyclic) bond motifs is 10. The Hall–Kier alpha value is -3.39. The molecule has 0 N–H and O–H groups in total. The van der Waals surface area contributed by atoms with Gasteiger partial charge in [-0.3, -0.25) is 4.98 Å². The summed E-state index contributed by atoms with van der Waals surface area (Å²) in [5.74, 6) is 0. The molecule has 0 aliphatic heterocycles. The number of hydrogen-bond donors (Lipinski definition) is 0. The van der Waals surface area contributed by atoms with Gasteiger partial charge in [-0.2, -0.15) is 0 Å². The van der Waals surface area contributed by atoms with E-state index in [0.717, 1.165) is 11.2 Å². The summed E-state index contributed by atoms with van der Waals surface area (Å²) in [4.78, 5) is 4.89. The number of rotatable bonds is 0. The second kappa shape index (κ2) is 5.82. The minimum Gasteiger partial charge on any atom is -0.308 e. The molecular formula is C28H24N2. The molecule has 3 aromatic carbocycles. The van der Waals surface area contributed by atoms with Gasteiger partial charge >= 0.3 is 0 Å². The summed E-state index contributed by atoms with van der Waals surface area (Å²) in [6.45, 7) is 8.96. The minimum absolute atomic E-state index is 0.116. The third-order valence-electron chi connectivity index (χ3n) is 6.43. The molecule has 0 bridgehead atoms. The fourth-order valence-electron chi connectivity index (χ4n) is 4.87. The highest BCUT2D eigenvalue weighted by molar-refractivity contribution is 6.19. The molecule has 2 heteroatoms. The number of hydrogen-bond acceptors (Lipinski definition) is 1. The van der Waals surface area contributed by atoms with Gasteiger partial charge in [0.25, 0.3) is 0 Å². The molecular weight excluding hydrogens is 364 g/mol. The van der Waals surface area contributed by atoms with E-state index in [9.17, 15) is 0 Å². The summed E-state index contributed by atoms with van der Waals surface area (Å²) >= 11 is 0. The van der Waals surface area contributed by atoms with Crippen molar-refractivity contribution in [3.63, 3.8) is 0 Å². The zero-order valence-corrected chi connectivity index (χ0v) is 17.8. The maximum absolute atomic E-state index is 4.89. The first-order chi connectivity index (χ1) is 14.4. The van der Waals surface area contributed by atoms with E-state index in [2.05, 4.69) is 105 Å². The van der Waals surface area contributed by atoms with Crippen molar-refractivity contribution in [1.29, 1.82) is 0 Å². The molecule has 6 aromatic rings. The molecule has 0 saturated heterocycles. The first-order valence-electron chi connectivity index (χ1n) is 10.6. The quantitative estimate of drug-likeness (QED) is 0.245. The van der Waals surface area contributed by atoms with Crippen LogP contribution in [0, 0.1) is 6.92 Å². The average Bonchev–Trinajstić information content (AvgIpc) is 3.15. The number of aryl methyl sites for hydroxylation is 1. The van der Waals surface area contributed by atoms with Crippen LogP contribution in [0.25, 0.3) is 49.0 Å². The van der Waals surface area contributed by atoms with Gasteiger partial charge in [-0.25, -0.2) is 0 Å². The van der Waals surface area contributed by atoms with Crippen molar-refractivity contribution in [2.45, 2.75) is 33.1 Å². The highest BCUT2D eigenvalue weighted by Crippen LogP contribution is 2.38. The first kappa shape index (κ1) is 17.5. The Morgan fingerprint density at radius 2 is 1.37 bits per heavy atom. The molecule has 0 aliphatic rings. The van der Waals surface area contributed by atoms with Crippen molar-refractivity contribution in [2.24, 2.45) is 0 Å². The highest BCUT2D eigenvalue weighted by atomic mass is 14.9. The second-order valence-electron chi connectivity index (χ2n) is 9.37. The van der Waals surface area contributed by atoms with Crippen LogP contribution in [0.2, 0.25) is 0 Å². The lowest BCUT2D eigenvalue weighted by Crippen LogP contribution is -2.10. The summed E-state index contributed by atoms with van der Waals surface area (Å²) < 4.78 is 2.45. The summed E-state index contributed by atoms with van der Waals surface area (Å²) in [5, 5.41) is 6.34. The van der Waals surface area contributed by atoms with E-state index < -0.39 is 0 Å². The Labute approximate surface area is 175 Å². The van der Waals surface area contributed by atoms with E-state index in [4.69, 9.17) is 4.98 Å². The van der Waals surface area contributed by atoms with Crippen LogP contribution in [0.1, 0.15) is 32.0 Å². The summed E-state index contributed by atoms with van der Waals surface area (Å²) in [6, 6.07) is 26.6. The predicted octanol–water partition coefficient (Wildman–Crippen LogP) is 7.55. The Morgan fingerprint density at radius 1 is 0.667 bits per heavy atom. The predicted molar refractivity (Wildman–Crippen MR) is 129 cm³/mol. The van der Waals surface area contributed by atoms with Crippen LogP contribution in [0.3, 0.4) is 0 Å². The third kappa shape index (κ3) is 2.28. The number of pyridine rings is 2. The number of nitrogens with zero attached hydrogens (tertiary/aromatic N) is 2. The van der Waals surface area contributed by atoms with Crippen LogP contribution in [-0.2, 0) is 5.41 Å². The standard InChI is InChI=1S/C28H24N2/c1-17-22-16-26-20-14-13-18(28(2,3)4)15-23(20)19-9-6-8-12-25(19)30(26)27(22)21-10-5-7-11-24(21)29-17/h5-16H,1-4H3. The molecule has 2 nitrogen and oxygen atoms in total. The molecule has 0 spiro atoms. The van der Waals surface area contributed by atoms with E-state index in [1.807, 2.05) is 0 Å². The van der Waals surface area contributed by atoms with Crippen molar-refractivity contribution in [2.75, 3.05) is 0 Å². The monoisotopic (exact) mass is 388 g/mol. The molecule has 0 aliphatic carbocycles. The van der Waals surface area contributed by atoms with Crippen molar-refractivity contribution < 1.29 is 0 Å². The lowest BCUT2D eigenvalue weighted by atomic mass is 9.85. The topological polar surface area (TPSA) is 17.3 Å². The van der Waals surface area contributed by atoms with Gasteiger partial charge in [0.05, 0.1) is 22.1 Å². The lowest BCUT2D eigenvalue weighted by molar-refractivity contribution is 0.591. The van der Waals surface area contributed by atoms with Gasteiger partial charge in [-0.1, -0.05) is 69.3 Å². The van der Waals surface area contributed by atoms with E-state index in [1.54, 1.807) is 0 Å². The normalized spacial score (nSPS) is 12.7. The number of aromatic nitrogens is 2. The summed E-state index contributed by atoms with van der Waals surface area (Å²) in [7, 11) is 0. The molecule has 0 saturated carbocycles. The lowest BCUT2D eigenvalue weighted by Gasteiger charge is -2.20. The maximum Gasteiger partial charge on any atom is 0.0726 e. The zero-order chi connectivity index (χ0) is 20.6. The number of benzene rings is 3. The molecule has 3 heterocycles. The molecule has 30 heavy (non-hydrogen) atoms. The van der Waals surface area contributed by atoms with Gasteiger partial charge in [-0.15, -0.1) is 0 Å². The molecule has 146 valence electrons. The Balaban J connectivity index is 1.94. The Bertz CT molecular complexity index is 1630. The van der Waals surface area contributed by atoms with Gasteiger partial charge in [0.1, 0.15) is 0 Å². The van der Waals surface area contributed by atoms with E-state index in [1.165, 1.54) is 49.0 Å². The van der Waals surface area contributed by atoms with E-state index in [-0.39, 0.29) is 5.41 Å². The molecule has 0 atom stereocenters. The fraction of sp³-hybridized carbons (Fsp3) is 0.179. The van der Waals surface area contributed by atoms with Crippen LogP contribution < -0.4 is 0 Å². The molecule has 0 radical (unpaired) electrons.